The van der Waals surface area contributed by atoms with E-state index < -0.39 is 12.0 Å². The molecule has 1 heterocycles. The lowest BCUT2D eigenvalue weighted by molar-refractivity contribution is -0.139. The van der Waals surface area contributed by atoms with E-state index in [9.17, 15) is 4.79 Å². The number of aliphatic carboxylic acids is 1. The van der Waals surface area contributed by atoms with Crippen molar-refractivity contribution in [1.82, 2.24) is 10.3 Å². The summed E-state index contributed by atoms with van der Waals surface area (Å²) in [6.07, 6.45) is 0.918. The van der Waals surface area contributed by atoms with Gasteiger partial charge in [-0.05, 0) is 19.9 Å². The molecular weight excluding hydrogens is 200 g/mol. The second-order valence-corrected chi connectivity index (χ2v) is 3.91. The zero-order valence-corrected chi connectivity index (χ0v) is 9.10. The maximum atomic E-state index is 11.0. The third-order valence-corrected chi connectivity index (χ3v) is 2.89. The Morgan fingerprint density at radius 3 is 2.93 bits per heavy atom. The Labute approximate surface area is 87.0 Å². The molecular formula is C9H14N2O2S. The predicted octanol–water partition coefficient (Wildman–Crippen LogP) is 1.58. The van der Waals surface area contributed by atoms with Crippen molar-refractivity contribution < 1.29 is 9.90 Å². The first-order valence-electron chi connectivity index (χ1n) is 4.53. The topological polar surface area (TPSA) is 62.2 Å². The second-order valence-electron chi connectivity index (χ2n) is 3.03. The zero-order chi connectivity index (χ0) is 10.6. The number of rotatable bonds is 5. The zero-order valence-electron chi connectivity index (χ0n) is 8.28. The highest BCUT2D eigenvalue weighted by Gasteiger charge is 2.22. The standard InChI is InChI=1S/C9H14N2O2S/c1-3-4-10-7(9(12)13)8-6(2)11-5-14-8/h5,7,10H,3-4H2,1-2H3,(H,12,13). The van der Waals surface area contributed by atoms with E-state index in [1.165, 1.54) is 11.3 Å². The van der Waals surface area contributed by atoms with E-state index in [2.05, 4.69) is 10.3 Å². The van der Waals surface area contributed by atoms with Crippen LogP contribution in [0.4, 0.5) is 0 Å². The molecule has 0 spiro atoms. The molecule has 1 aromatic rings. The lowest BCUT2D eigenvalue weighted by Crippen LogP contribution is -2.28. The number of carboxylic acids is 1. The summed E-state index contributed by atoms with van der Waals surface area (Å²) in [4.78, 5) is 15.8. The summed E-state index contributed by atoms with van der Waals surface area (Å²) in [5.74, 6) is -0.842. The Kier molecular flexibility index (Phi) is 4.03. The van der Waals surface area contributed by atoms with Gasteiger partial charge < -0.3 is 5.11 Å². The minimum atomic E-state index is -0.842. The smallest absolute Gasteiger partial charge is 0.326 e. The van der Waals surface area contributed by atoms with Gasteiger partial charge in [-0.2, -0.15) is 0 Å². The van der Waals surface area contributed by atoms with Gasteiger partial charge in [0.15, 0.2) is 0 Å². The first-order chi connectivity index (χ1) is 6.66. The third-order valence-electron chi connectivity index (χ3n) is 1.89. The molecule has 2 N–H and O–H groups in total. The van der Waals surface area contributed by atoms with Crippen LogP contribution in [0, 0.1) is 6.92 Å². The number of nitrogens with one attached hydrogen (secondary N) is 1. The Hall–Kier alpha value is -0.940. The molecule has 0 bridgehead atoms. The molecule has 78 valence electrons. The summed E-state index contributed by atoms with van der Waals surface area (Å²) in [5.41, 5.74) is 2.47. The largest absolute Gasteiger partial charge is 0.480 e. The molecule has 1 rings (SSSR count). The van der Waals surface area contributed by atoms with Crippen molar-refractivity contribution in [2.45, 2.75) is 26.3 Å². The average Bonchev–Trinajstić information content (AvgIpc) is 2.52. The van der Waals surface area contributed by atoms with Gasteiger partial charge in [0.2, 0.25) is 0 Å². The molecule has 5 heteroatoms. The molecule has 1 aromatic heterocycles. The number of carboxylic acid groups (broad SMARTS) is 1. The summed E-state index contributed by atoms with van der Waals surface area (Å²) in [6.45, 7) is 4.54. The highest BCUT2D eigenvalue weighted by molar-refractivity contribution is 7.10. The van der Waals surface area contributed by atoms with Gasteiger partial charge in [-0.15, -0.1) is 11.3 Å². The van der Waals surface area contributed by atoms with Gasteiger partial charge in [0.05, 0.1) is 16.1 Å². The molecule has 0 saturated heterocycles. The quantitative estimate of drug-likeness (QED) is 0.781. The van der Waals surface area contributed by atoms with Crippen LogP contribution in [0.3, 0.4) is 0 Å². The number of aryl methyl sites for hydroxylation is 1. The van der Waals surface area contributed by atoms with Gasteiger partial charge in [0.25, 0.3) is 0 Å². The highest BCUT2D eigenvalue weighted by Crippen LogP contribution is 2.21. The SMILES string of the molecule is CCCNC(C(=O)O)c1scnc1C. The predicted molar refractivity (Wildman–Crippen MR) is 55.5 cm³/mol. The van der Waals surface area contributed by atoms with Crippen molar-refractivity contribution in [3.05, 3.63) is 16.1 Å². The molecule has 4 nitrogen and oxygen atoms in total. The lowest BCUT2D eigenvalue weighted by atomic mass is 10.2. The third kappa shape index (κ3) is 2.52. The van der Waals surface area contributed by atoms with Crippen molar-refractivity contribution in [3.8, 4) is 0 Å². The van der Waals surface area contributed by atoms with Crippen molar-refractivity contribution in [1.29, 1.82) is 0 Å². The van der Waals surface area contributed by atoms with E-state index in [1.54, 1.807) is 5.51 Å². The Morgan fingerprint density at radius 1 is 1.79 bits per heavy atom. The number of hydrogen-bond donors (Lipinski definition) is 2. The molecule has 1 atom stereocenters. The first-order valence-corrected chi connectivity index (χ1v) is 5.41. The number of carbonyl (C=O) groups is 1. The van der Waals surface area contributed by atoms with Crippen LogP contribution in [0.25, 0.3) is 0 Å². The minimum Gasteiger partial charge on any atom is -0.480 e. The van der Waals surface area contributed by atoms with E-state index in [4.69, 9.17) is 5.11 Å². The summed E-state index contributed by atoms with van der Waals surface area (Å²) in [6, 6.07) is -0.609. The number of nitrogens with zero attached hydrogens (tertiary/aromatic N) is 1. The van der Waals surface area contributed by atoms with Crippen LogP contribution >= 0.6 is 11.3 Å². The molecule has 0 aliphatic rings. The molecule has 1 unspecified atom stereocenters. The maximum Gasteiger partial charge on any atom is 0.326 e. The van der Waals surface area contributed by atoms with Crippen LogP contribution in [0.2, 0.25) is 0 Å². The Morgan fingerprint density at radius 2 is 2.50 bits per heavy atom. The summed E-state index contributed by atoms with van der Waals surface area (Å²) in [5, 5.41) is 12.0. The molecule has 0 radical (unpaired) electrons. The van der Waals surface area contributed by atoms with E-state index in [0.29, 0.717) is 6.54 Å². The first kappa shape index (κ1) is 11.1. The molecule has 0 amide bonds. The van der Waals surface area contributed by atoms with Gasteiger partial charge in [-0.25, -0.2) is 4.98 Å². The van der Waals surface area contributed by atoms with Crippen LogP contribution < -0.4 is 5.32 Å². The lowest BCUT2D eigenvalue weighted by Gasteiger charge is -2.12. The molecule has 0 fully saturated rings. The van der Waals surface area contributed by atoms with Gasteiger partial charge in [0, 0.05) is 0 Å². The summed E-state index contributed by atoms with van der Waals surface area (Å²) in [7, 11) is 0. The maximum absolute atomic E-state index is 11.0. The molecule has 14 heavy (non-hydrogen) atoms. The van der Waals surface area contributed by atoms with Crippen LogP contribution in [-0.4, -0.2) is 22.6 Å². The van der Waals surface area contributed by atoms with Crippen molar-refractivity contribution in [2.24, 2.45) is 0 Å². The number of aromatic nitrogens is 1. The van der Waals surface area contributed by atoms with Gasteiger partial charge in [-0.3, -0.25) is 10.1 Å². The fraction of sp³-hybridized carbons (Fsp3) is 0.556. The van der Waals surface area contributed by atoms with E-state index in [-0.39, 0.29) is 0 Å². The summed E-state index contributed by atoms with van der Waals surface area (Å²) >= 11 is 1.38. The van der Waals surface area contributed by atoms with Gasteiger partial charge >= 0.3 is 5.97 Å². The van der Waals surface area contributed by atoms with E-state index in [1.807, 2.05) is 13.8 Å². The van der Waals surface area contributed by atoms with Crippen molar-refractivity contribution in [2.75, 3.05) is 6.54 Å². The monoisotopic (exact) mass is 214 g/mol. The van der Waals surface area contributed by atoms with Crippen molar-refractivity contribution >= 4 is 17.3 Å². The minimum absolute atomic E-state index is 0.609. The Balaban J connectivity index is 2.78. The van der Waals surface area contributed by atoms with E-state index >= 15 is 0 Å². The fourth-order valence-electron chi connectivity index (χ4n) is 1.17. The van der Waals surface area contributed by atoms with Crippen LogP contribution in [-0.2, 0) is 4.79 Å². The molecule has 0 aromatic carbocycles. The van der Waals surface area contributed by atoms with Crippen LogP contribution in [0.1, 0.15) is 30.0 Å². The number of hydrogen-bond acceptors (Lipinski definition) is 4. The van der Waals surface area contributed by atoms with Gasteiger partial charge in [-0.1, -0.05) is 6.92 Å². The fourth-order valence-corrected chi connectivity index (χ4v) is 2.04. The molecule has 0 aliphatic heterocycles. The molecule has 0 saturated carbocycles. The van der Waals surface area contributed by atoms with Crippen molar-refractivity contribution in [3.63, 3.8) is 0 Å². The Bertz CT molecular complexity index is 312. The normalized spacial score (nSPS) is 12.7. The summed E-state index contributed by atoms with van der Waals surface area (Å²) < 4.78 is 0. The number of thiazole rings is 1. The highest BCUT2D eigenvalue weighted by atomic mass is 32.1. The average molecular weight is 214 g/mol. The van der Waals surface area contributed by atoms with Crippen LogP contribution in [0.5, 0.6) is 0 Å². The van der Waals surface area contributed by atoms with Crippen LogP contribution in [0.15, 0.2) is 5.51 Å². The van der Waals surface area contributed by atoms with E-state index in [0.717, 1.165) is 17.0 Å². The molecule has 0 aliphatic carbocycles. The second kappa shape index (κ2) is 5.07. The van der Waals surface area contributed by atoms with Gasteiger partial charge in [0.1, 0.15) is 6.04 Å².